The van der Waals surface area contributed by atoms with Crippen molar-refractivity contribution in [3.05, 3.63) is 29.6 Å². The topological polar surface area (TPSA) is 84.2 Å². The number of amides is 1. The highest BCUT2D eigenvalue weighted by Gasteiger charge is 2.22. The van der Waals surface area contributed by atoms with Gasteiger partial charge in [0.15, 0.2) is 0 Å². The number of rotatable bonds is 5. The van der Waals surface area contributed by atoms with Crippen molar-refractivity contribution in [1.29, 1.82) is 0 Å². The van der Waals surface area contributed by atoms with Crippen LogP contribution >= 0.6 is 0 Å². The number of carbonyl (C=O) groups excluding carboxylic acids is 1. The van der Waals surface area contributed by atoms with E-state index in [1.807, 2.05) is 11.5 Å². The number of nitrogens with zero attached hydrogens (tertiary/aromatic N) is 2. The van der Waals surface area contributed by atoms with Crippen LogP contribution in [0.15, 0.2) is 18.2 Å². The molecule has 1 atom stereocenters. The Kier molecular flexibility index (Phi) is 4.26. The largest absolute Gasteiger partial charge is 0.478 e. The summed E-state index contributed by atoms with van der Waals surface area (Å²) >= 11 is 0. The first-order chi connectivity index (χ1) is 10.0. The van der Waals surface area contributed by atoms with E-state index in [4.69, 9.17) is 0 Å². The first-order valence-corrected chi connectivity index (χ1v) is 6.96. The molecule has 21 heavy (non-hydrogen) atoms. The average molecular weight is 289 g/mol. The second-order valence-electron chi connectivity index (χ2n) is 4.92. The molecule has 2 rings (SSSR count). The van der Waals surface area contributed by atoms with Crippen molar-refractivity contribution in [1.82, 2.24) is 14.9 Å². The number of imidazole rings is 1. The summed E-state index contributed by atoms with van der Waals surface area (Å²) < 4.78 is 1.82. The number of hydrogen-bond acceptors (Lipinski definition) is 3. The van der Waals surface area contributed by atoms with E-state index in [-0.39, 0.29) is 11.5 Å². The van der Waals surface area contributed by atoms with Crippen LogP contribution in [0.4, 0.5) is 0 Å². The zero-order valence-electron chi connectivity index (χ0n) is 12.4. The first kappa shape index (κ1) is 15.0. The highest BCUT2D eigenvalue weighted by molar-refractivity contribution is 6.01. The van der Waals surface area contributed by atoms with Gasteiger partial charge in [-0.15, -0.1) is 0 Å². The summed E-state index contributed by atoms with van der Waals surface area (Å²) in [7, 11) is 1.58. The van der Waals surface area contributed by atoms with E-state index in [1.165, 1.54) is 6.07 Å². The molecule has 0 saturated heterocycles. The first-order valence-electron chi connectivity index (χ1n) is 6.96. The van der Waals surface area contributed by atoms with Gasteiger partial charge in [-0.05, 0) is 25.5 Å². The van der Waals surface area contributed by atoms with E-state index < -0.39 is 12.0 Å². The average Bonchev–Trinajstić information content (AvgIpc) is 2.83. The standard InChI is InChI=1S/C15H19N3O3/c1-4-6-12-17-13-10(15(20)21)7-5-8-11(13)18(12)9(2)14(19)16-3/h5,7-9H,4,6H2,1-3H3,(H,16,19)(H,20,21). The fourth-order valence-electron chi connectivity index (χ4n) is 2.50. The Labute approximate surface area is 122 Å². The molecule has 0 fully saturated rings. The minimum Gasteiger partial charge on any atom is -0.478 e. The van der Waals surface area contributed by atoms with Gasteiger partial charge in [0.2, 0.25) is 5.91 Å². The van der Waals surface area contributed by atoms with Crippen LogP contribution in [0, 0.1) is 0 Å². The number of benzene rings is 1. The van der Waals surface area contributed by atoms with Crippen LogP contribution < -0.4 is 5.32 Å². The third-order valence-corrected chi connectivity index (χ3v) is 3.51. The molecule has 0 radical (unpaired) electrons. The maximum absolute atomic E-state index is 12.0. The number of carboxylic acid groups (broad SMARTS) is 1. The smallest absolute Gasteiger partial charge is 0.337 e. The van der Waals surface area contributed by atoms with Gasteiger partial charge in [-0.3, -0.25) is 4.79 Å². The number of aryl methyl sites for hydroxylation is 1. The Morgan fingerprint density at radius 3 is 2.71 bits per heavy atom. The highest BCUT2D eigenvalue weighted by atomic mass is 16.4. The monoisotopic (exact) mass is 289 g/mol. The van der Waals surface area contributed by atoms with Crippen LogP contribution in [0.1, 0.15) is 42.5 Å². The molecule has 112 valence electrons. The normalized spacial score (nSPS) is 12.3. The van der Waals surface area contributed by atoms with Crippen LogP contribution in [0.2, 0.25) is 0 Å². The predicted molar refractivity (Wildman–Crippen MR) is 79.5 cm³/mol. The molecule has 0 saturated carbocycles. The van der Waals surface area contributed by atoms with E-state index in [1.54, 1.807) is 26.1 Å². The van der Waals surface area contributed by atoms with Gasteiger partial charge in [-0.25, -0.2) is 9.78 Å². The lowest BCUT2D eigenvalue weighted by atomic mass is 10.2. The molecule has 6 heteroatoms. The molecule has 0 aliphatic heterocycles. The molecular weight excluding hydrogens is 270 g/mol. The van der Waals surface area contributed by atoms with Crippen LogP contribution in [0.3, 0.4) is 0 Å². The van der Waals surface area contributed by atoms with Crippen LogP contribution in [-0.2, 0) is 11.2 Å². The predicted octanol–water partition coefficient (Wildman–Crippen LogP) is 1.99. The number of para-hydroxylation sites is 1. The van der Waals surface area contributed by atoms with Gasteiger partial charge in [0, 0.05) is 13.5 Å². The number of carboxylic acids is 1. The summed E-state index contributed by atoms with van der Waals surface area (Å²) in [6.07, 6.45) is 1.56. The van der Waals surface area contributed by atoms with Crippen molar-refractivity contribution in [2.24, 2.45) is 0 Å². The van der Waals surface area contributed by atoms with Crippen molar-refractivity contribution < 1.29 is 14.7 Å². The van der Waals surface area contributed by atoms with Crippen molar-refractivity contribution in [2.75, 3.05) is 7.05 Å². The molecule has 0 spiro atoms. The minimum absolute atomic E-state index is 0.132. The molecule has 0 bridgehead atoms. The summed E-state index contributed by atoms with van der Waals surface area (Å²) in [4.78, 5) is 27.7. The number of hydrogen-bond donors (Lipinski definition) is 2. The quantitative estimate of drug-likeness (QED) is 0.881. The summed E-state index contributed by atoms with van der Waals surface area (Å²) in [6.45, 7) is 3.80. The maximum Gasteiger partial charge on any atom is 0.337 e. The van der Waals surface area contributed by atoms with Crippen molar-refractivity contribution in [3.63, 3.8) is 0 Å². The van der Waals surface area contributed by atoms with Crippen LogP contribution in [0.5, 0.6) is 0 Å². The molecule has 2 aromatic rings. The summed E-state index contributed by atoms with van der Waals surface area (Å²) in [5, 5.41) is 11.9. The van der Waals surface area contributed by atoms with Crippen molar-refractivity contribution >= 4 is 22.9 Å². The molecule has 0 aliphatic rings. The van der Waals surface area contributed by atoms with Crippen LogP contribution in [0.25, 0.3) is 11.0 Å². The summed E-state index contributed by atoms with van der Waals surface area (Å²) in [5.74, 6) is -0.412. The number of fused-ring (bicyclic) bond motifs is 1. The highest BCUT2D eigenvalue weighted by Crippen LogP contribution is 2.25. The SMILES string of the molecule is CCCc1nc2c(C(=O)O)cccc2n1C(C)C(=O)NC. The Bertz CT molecular complexity index is 691. The van der Waals surface area contributed by atoms with Gasteiger partial charge in [0.25, 0.3) is 0 Å². The molecule has 1 aromatic heterocycles. The lowest BCUT2D eigenvalue weighted by Crippen LogP contribution is -2.28. The lowest BCUT2D eigenvalue weighted by Gasteiger charge is -2.16. The van der Waals surface area contributed by atoms with Gasteiger partial charge in [0.05, 0.1) is 11.1 Å². The van der Waals surface area contributed by atoms with E-state index in [9.17, 15) is 14.7 Å². The fraction of sp³-hybridized carbons (Fsp3) is 0.400. The number of aromatic nitrogens is 2. The van der Waals surface area contributed by atoms with Gasteiger partial charge in [0.1, 0.15) is 17.4 Å². The lowest BCUT2D eigenvalue weighted by molar-refractivity contribution is -0.123. The summed E-state index contributed by atoms with van der Waals surface area (Å²) in [6, 6.07) is 4.57. The Morgan fingerprint density at radius 1 is 1.43 bits per heavy atom. The number of nitrogens with one attached hydrogen (secondary N) is 1. The third kappa shape index (κ3) is 2.61. The summed E-state index contributed by atoms with van der Waals surface area (Å²) in [5.41, 5.74) is 1.27. The Hall–Kier alpha value is -2.37. The second-order valence-corrected chi connectivity index (χ2v) is 4.92. The molecular formula is C15H19N3O3. The molecule has 2 N–H and O–H groups in total. The minimum atomic E-state index is -1.01. The molecule has 1 unspecified atom stereocenters. The van der Waals surface area contributed by atoms with E-state index in [2.05, 4.69) is 10.3 Å². The zero-order valence-corrected chi connectivity index (χ0v) is 12.4. The molecule has 6 nitrogen and oxygen atoms in total. The van der Waals surface area contributed by atoms with Gasteiger partial charge < -0.3 is 15.0 Å². The molecule has 1 amide bonds. The van der Waals surface area contributed by atoms with Gasteiger partial charge in [-0.1, -0.05) is 13.0 Å². The van der Waals surface area contributed by atoms with Crippen LogP contribution in [-0.4, -0.2) is 33.6 Å². The van der Waals surface area contributed by atoms with Gasteiger partial charge in [-0.2, -0.15) is 0 Å². The van der Waals surface area contributed by atoms with E-state index in [0.29, 0.717) is 17.5 Å². The zero-order chi connectivity index (χ0) is 15.6. The molecule has 0 aliphatic carbocycles. The van der Waals surface area contributed by atoms with E-state index in [0.717, 1.165) is 12.2 Å². The maximum atomic E-state index is 12.0. The number of carbonyl (C=O) groups is 2. The van der Waals surface area contributed by atoms with Crippen molar-refractivity contribution in [3.8, 4) is 0 Å². The Morgan fingerprint density at radius 2 is 2.14 bits per heavy atom. The van der Waals surface area contributed by atoms with Gasteiger partial charge >= 0.3 is 5.97 Å². The van der Waals surface area contributed by atoms with Crippen molar-refractivity contribution in [2.45, 2.75) is 32.7 Å². The molecule has 1 aromatic carbocycles. The molecule has 1 heterocycles. The number of aromatic carboxylic acids is 1. The second kappa shape index (κ2) is 5.95. The number of likely N-dealkylation sites (N-methyl/N-ethyl adjacent to an activating group) is 1. The fourth-order valence-corrected chi connectivity index (χ4v) is 2.50. The van der Waals surface area contributed by atoms with E-state index >= 15 is 0 Å². The third-order valence-electron chi connectivity index (χ3n) is 3.51. The Balaban J connectivity index is 2.71.